The van der Waals surface area contributed by atoms with Crippen molar-refractivity contribution in [1.29, 1.82) is 0 Å². The van der Waals surface area contributed by atoms with Crippen LogP contribution in [-0.2, 0) is 16.1 Å². The summed E-state index contributed by atoms with van der Waals surface area (Å²) in [5, 5.41) is 8.56. The lowest BCUT2D eigenvalue weighted by molar-refractivity contribution is -0.131. The Balaban J connectivity index is 2.38. The Bertz CT molecular complexity index is 469. The summed E-state index contributed by atoms with van der Waals surface area (Å²) in [5.74, 6) is -1.53. The molecular formula is C17H23FO3. The molecule has 0 bridgehead atoms. The van der Waals surface area contributed by atoms with E-state index in [0.717, 1.165) is 18.1 Å². The minimum absolute atomic E-state index is 0.265. The maximum absolute atomic E-state index is 13.5. The van der Waals surface area contributed by atoms with E-state index in [1.54, 1.807) is 12.1 Å². The predicted octanol–water partition coefficient (Wildman–Crippen LogP) is 4.41. The van der Waals surface area contributed by atoms with Gasteiger partial charge in [0.1, 0.15) is 5.82 Å². The molecule has 116 valence electrons. The average Bonchev–Trinajstić information content (AvgIpc) is 2.46. The van der Waals surface area contributed by atoms with Crippen molar-refractivity contribution in [2.45, 2.75) is 45.6 Å². The van der Waals surface area contributed by atoms with Crippen LogP contribution in [0.15, 0.2) is 24.3 Å². The maximum Gasteiger partial charge on any atom is 0.328 e. The van der Waals surface area contributed by atoms with Crippen molar-refractivity contribution in [3.63, 3.8) is 0 Å². The normalized spacial score (nSPS) is 11.1. The zero-order chi connectivity index (χ0) is 15.5. The lowest BCUT2D eigenvalue weighted by atomic mass is 10.1. The molecule has 1 N–H and O–H groups in total. The van der Waals surface area contributed by atoms with Crippen LogP contribution in [0.3, 0.4) is 0 Å². The quantitative estimate of drug-likeness (QED) is 0.513. The summed E-state index contributed by atoms with van der Waals surface area (Å²) in [7, 11) is 0. The van der Waals surface area contributed by atoms with Gasteiger partial charge in [0.2, 0.25) is 0 Å². The molecule has 0 saturated heterocycles. The Hall–Kier alpha value is -1.68. The number of benzene rings is 1. The Morgan fingerprint density at radius 2 is 2.05 bits per heavy atom. The molecule has 0 aliphatic heterocycles. The van der Waals surface area contributed by atoms with E-state index >= 15 is 0 Å². The average molecular weight is 294 g/mol. The third-order valence-electron chi connectivity index (χ3n) is 3.13. The fourth-order valence-corrected chi connectivity index (χ4v) is 1.97. The minimum Gasteiger partial charge on any atom is -0.478 e. The van der Waals surface area contributed by atoms with Gasteiger partial charge in [-0.05, 0) is 30.2 Å². The van der Waals surface area contributed by atoms with Gasteiger partial charge >= 0.3 is 5.97 Å². The molecule has 0 aliphatic rings. The second-order valence-corrected chi connectivity index (χ2v) is 4.99. The van der Waals surface area contributed by atoms with E-state index in [1.165, 1.54) is 37.8 Å². The van der Waals surface area contributed by atoms with Crippen LogP contribution in [0.1, 0.15) is 50.2 Å². The Labute approximate surface area is 125 Å². The molecule has 0 unspecified atom stereocenters. The summed E-state index contributed by atoms with van der Waals surface area (Å²) in [5.41, 5.74) is 1.11. The van der Waals surface area contributed by atoms with Gasteiger partial charge in [-0.3, -0.25) is 0 Å². The largest absolute Gasteiger partial charge is 0.478 e. The van der Waals surface area contributed by atoms with E-state index in [4.69, 9.17) is 9.84 Å². The van der Waals surface area contributed by atoms with Crippen LogP contribution < -0.4 is 0 Å². The number of hydrogen-bond donors (Lipinski definition) is 1. The number of halogens is 1. The minimum atomic E-state index is -1.09. The van der Waals surface area contributed by atoms with Crippen LogP contribution in [-0.4, -0.2) is 17.7 Å². The fraction of sp³-hybridized carbons (Fsp3) is 0.471. The number of carboxylic acids is 1. The van der Waals surface area contributed by atoms with Crippen molar-refractivity contribution in [3.8, 4) is 0 Å². The maximum atomic E-state index is 13.5. The van der Waals surface area contributed by atoms with Crippen molar-refractivity contribution >= 4 is 12.0 Å². The summed E-state index contributed by atoms with van der Waals surface area (Å²) >= 11 is 0. The molecule has 0 fully saturated rings. The second-order valence-electron chi connectivity index (χ2n) is 4.99. The molecular weight excluding hydrogens is 271 g/mol. The summed E-state index contributed by atoms with van der Waals surface area (Å²) in [4.78, 5) is 10.5. The number of ether oxygens (including phenoxy) is 1. The van der Waals surface area contributed by atoms with Gasteiger partial charge in [-0.1, -0.05) is 38.7 Å². The number of hydrogen-bond acceptors (Lipinski definition) is 2. The molecule has 0 heterocycles. The Kier molecular flexibility index (Phi) is 8.36. The summed E-state index contributed by atoms with van der Waals surface area (Å²) in [6.07, 6.45) is 8.11. The zero-order valence-corrected chi connectivity index (χ0v) is 12.5. The van der Waals surface area contributed by atoms with Crippen molar-refractivity contribution < 1.29 is 19.0 Å². The molecule has 3 nitrogen and oxygen atoms in total. The summed E-state index contributed by atoms with van der Waals surface area (Å²) in [6, 6.07) is 4.61. The van der Waals surface area contributed by atoms with E-state index in [9.17, 15) is 9.18 Å². The van der Waals surface area contributed by atoms with Gasteiger partial charge in [-0.25, -0.2) is 9.18 Å². The monoisotopic (exact) mass is 294 g/mol. The molecule has 1 rings (SSSR count). The molecule has 1 aromatic carbocycles. The Morgan fingerprint density at radius 1 is 1.29 bits per heavy atom. The smallest absolute Gasteiger partial charge is 0.328 e. The van der Waals surface area contributed by atoms with Gasteiger partial charge in [0.15, 0.2) is 0 Å². The lowest BCUT2D eigenvalue weighted by Crippen LogP contribution is -1.97. The molecule has 4 heteroatoms. The first kappa shape index (κ1) is 17.4. The van der Waals surface area contributed by atoms with E-state index in [0.29, 0.717) is 13.2 Å². The van der Waals surface area contributed by atoms with Crippen molar-refractivity contribution in [3.05, 3.63) is 41.2 Å². The molecule has 0 saturated carbocycles. The van der Waals surface area contributed by atoms with Crippen LogP contribution >= 0.6 is 0 Å². The second kappa shape index (κ2) is 10.1. The standard InChI is InChI=1S/C17H23FO3/c1-2-3-4-5-6-11-21-13-14-7-9-16(18)15(12-14)8-10-17(19)20/h7-10,12H,2-6,11,13H2,1H3,(H,19,20). The van der Waals surface area contributed by atoms with Crippen LogP contribution in [0.5, 0.6) is 0 Å². The van der Waals surface area contributed by atoms with Crippen LogP contribution in [0.2, 0.25) is 0 Å². The number of unbranched alkanes of at least 4 members (excludes halogenated alkanes) is 4. The molecule has 0 radical (unpaired) electrons. The zero-order valence-electron chi connectivity index (χ0n) is 12.5. The topological polar surface area (TPSA) is 46.5 Å². The molecule has 21 heavy (non-hydrogen) atoms. The first-order chi connectivity index (χ1) is 10.1. The molecule has 0 spiro atoms. The van der Waals surface area contributed by atoms with E-state index in [2.05, 4.69) is 6.92 Å². The first-order valence-corrected chi connectivity index (χ1v) is 7.40. The summed E-state index contributed by atoms with van der Waals surface area (Å²) in [6.45, 7) is 3.30. The van der Waals surface area contributed by atoms with Gasteiger partial charge in [0.25, 0.3) is 0 Å². The number of carbonyl (C=O) groups is 1. The van der Waals surface area contributed by atoms with E-state index < -0.39 is 11.8 Å². The first-order valence-electron chi connectivity index (χ1n) is 7.40. The molecule has 0 atom stereocenters. The van der Waals surface area contributed by atoms with Gasteiger partial charge in [0, 0.05) is 18.2 Å². The van der Waals surface area contributed by atoms with Crippen molar-refractivity contribution in [2.75, 3.05) is 6.61 Å². The molecule has 0 aromatic heterocycles. The van der Waals surface area contributed by atoms with Gasteiger partial charge in [-0.15, -0.1) is 0 Å². The van der Waals surface area contributed by atoms with Crippen molar-refractivity contribution in [2.24, 2.45) is 0 Å². The van der Waals surface area contributed by atoms with Gasteiger partial charge in [0.05, 0.1) is 6.61 Å². The highest BCUT2D eigenvalue weighted by Crippen LogP contribution is 2.13. The third kappa shape index (κ3) is 7.61. The summed E-state index contributed by atoms with van der Waals surface area (Å²) < 4.78 is 19.1. The van der Waals surface area contributed by atoms with Crippen LogP contribution in [0, 0.1) is 5.82 Å². The number of aliphatic carboxylic acids is 1. The van der Waals surface area contributed by atoms with Crippen molar-refractivity contribution in [1.82, 2.24) is 0 Å². The fourth-order valence-electron chi connectivity index (χ4n) is 1.97. The van der Waals surface area contributed by atoms with E-state index in [-0.39, 0.29) is 5.56 Å². The highest BCUT2D eigenvalue weighted by atomic mass is 19.1. The van der Waals surface area contributed by atoms with Crippen LogP contribution in [0.4, 0.5) is 4.39 Å². The SMILES string of the molecule is CCCCCCCOCc1ccc(F)c(C=CC(=O)O)c1. The molecule has 1 aromatic rings. The third-order valence-corrected chi connectivity index (χ3v) is 3.13. The number of rotatable bonds is 10. The highest BCUT2D eigenvalue weighted by molar-refractivity contribution is 5.85. The Morgan fingerprint density at radius 3 is 2.76 bits per heavy atom. The predicted molar refractivity (Wildman–Crippen MR) is 81.5 cm³/mol. The molecule has 0 amide bonds. The van der Waals surface area contributed by atoms with E-state index in [1.807, 2.05) is 0 Å². The number of carboxylic acid groups (broad SMARTS) is 1. The molecule has 0 aliphatic carbocycles. The highest BCUT2D eigenvalue weighted by Gasteiger charge is 2.02. The lowest BCUT2D eigenvalue weighted by Gasteiger charge is -2.06. The van der Waals surface area contributed by atoms with Gasteiger partial charge in [-0.2, -0.15) is 0 Å². The van der Waals surface area contributed by atoms with Gasteiger partial charge < -0.3 is 9.84 Å². The van der Waals surface area contributed by atoms with Crippen LogP contribution in [0.25, 0.3) is 6.08 Å².